The third-order valence-electron chi connectivity index (χ3n) is 9.40. The maximum atomic E-state index is 14.2. The molecule has 9 nitrogen and oxygen atoms in total. The van der Waals surface area contributed by atoms with Gasteiger partial charge < -0.3 is 4.90 Å². The minimum absolute atomic E-state index is 0.204. The van der Waals surface area contributed by atoms with Gasteiger partial charge in [0.15, 0.2) is 0 Å². The number of halogens is 1. The van der Waals surface area contributed by atoms with Crippen LogP contribution in [0.4, 0.5) is 5.69 Å². The number of hydrogen-bond acceptors (Lipinski definition) is 6. The summed E-state index contributed by atoms with van der Waals surface area (Å²) in [6, 6.07) is 12.7. The normalized spacial score (nSPS) is 22.3. The Bertz CT molecular complexity index is 1580. The molecular weight excluding hydrogens is 642 g/mol. The molecule has 0 radical (unpaired) electrons. The zero-order valence-corrected chi connectivity index (χ0v) is 30.0. The van der Waals surface area contributed by atoms with E-state index < -0.39 is 20.2 Å². The minimum atomic E-state index is -3.79. The molecule has 0 unspecified atom stereocenters. The average molecular weight is 692 g/mol. The Morgan fingerprint density at radius 3 is 2.15 bits per heavy atom. The second kappa shape index (κ2) is 15.5. The highest BCUT2D eigenvalue weighted by Gasteiger charge is 2.35. The van der Waals surface area contributed by atoms with Crippen LogP contribution in [0.5, 0.6) is 0 Å². The quantitative estimate of drug-likeness (QED) is 0.370. The molecule has 0 aromatic heterocycles. The van der Waals surface area contributed by atoms with Crippen LogP contribution in [-0.2, 0) is 33.2 Å². The summed E-state index contributed by atoms with van der Waals surface area (Å²) in [6.45, 7) is 6.32. The third-order valence-corrected chi connectivity index (χ3v) is 13.5. The Labute approximate surface area is 282 Å². The zero-order valence-electron chi connectivity index (χ0n) is 27.6. The zero-order chi connectivity index (χ0) is 32.9. The van der Waals surface area contributed by atoms with E-state index >= 15 is 0 Å². The molecule has 1 atom stereocenters. The van der Waals surface area contributed by atoms with E-state index in [9.17, 15) is 16.8 Å². The fourth-order valence-electron chi connectivity index (χ4n) is 6.83. The van der Waals surface area contributed by atoms with E-state index in [1.54, 1.807) is 25.0 Å². The lowest BCUT2D eigenvalue weighted by Gasteiger charge is -2.36. The smallest absolute Gasteiger partial charge is 0.282 e. The lowest BCUT2D eigenvalue weighted by Crippen LogP contribution is -2.49. The molecule has 1 saturated heterocycles. The van der Waals surface area contributed by atoms with Crippen molar-refractivity contribution in [2.45, 2.75) is 63.3 Å². The van der Waals surface area contributed by atoms with Gasteiger partial charge in [-0.25, -0.2) is 8.42 Å². The molecular formula is C34H50ClN5O4S2. The van der Waals surface area contributed by atoms with Crippen molar-refractivity contribution >= 4 is 37.5 Å². The van der Waals surface area contributed by atoms with Gasteiger partial charge in [-0.1, -0.05) is 36.2 Å². The Balaban J connectivity index is 1.39. The molecule has 0 bridgehead atoms. The van der Waals surface area contributed by atoms with Crippen LogP contribution in [0.1, 0.15) is 56.6 Å². The molecule has 1 fully saturated rings. The molecule has 3 aliphatic rings. The van der Waals surface area contributed by atoms with Crippen LogP contribution in [0.3, 0.4) is 0 Å². The topological polar surface area (TPSA) is 84.5 Å². The minimum Gasteiger partial charge on any atom is -0.378 e. The van der Waals surface area contributed by atoms with E-state index in [4.69, 9.17) is 11.6 Å². The van der Waals surface area contributed by atoms with E-state index in [2.05, 4.69) is 11.0 Å². The van der Waals surface area contributed by atoms with Crippen LogP contribution in [-0.4, -0.2) is 101 Å². The molecule has 46 heavy (non-hydrogen) atoms. The van der Waals surface area contributed by atoms with Gasteiger partial charge in [-0.15, -0.1) is 0 Å². The van der Waals surface area contributed by atoms with Gasteiger partial charge in [0.05, 0.1) is 4.90 Å². The fourth-order valence-corrected chi connectivity index (χ4v) is 10.4. The average Bonchev–Trinajstić information content (AvgIpc) is 3.03. The highest BCUT2D eigenvalue weighted by atomic mass is 35.5. The van der Waals surface area contributed by atoms with Crippen LogP contribution in [0, 0.1) is 5.92 Å². The van der Waals surface area contributed by atoms with Gasteiger partial charge in [0.2, 0.25) is 10.0 Å². The first-order valence-electron chi connectivity index (χ1n) is 16.6. The summed E-state index contributed by atoms with van der Waals surface area (Å²) in [6.07, 6.45) is 9.04. The van der Waals surface area contributed by atoms with Gasteiger partial charge in [-0.05, 0) is 111 Å². The highest BCUT2D eigenvalue weighted by molar-refractivity contribution is 7.89. The highest BCUT2D eigenvalue weighted by Crippen LogP contribution is 2.27. The van der Waals surface area contributed by atoms with Crippen LogP contribution in [0.2, 0.25) is 5.02 Å². The van der Waals surface area contributed by atoms with Crippen molar-refractivity contribution in [2.24, 2.45) is 5.92 Å². The summed E-state index contributed by atoms with van der Waals surface area (Å²) in [5.74, 6) is -0.204. The van der Waals surface area contributed by atoms with Crippen LogP contribution in [0.25, 0.3) is 0 Å². The SMILES string of the molecule is C[C@H]1CN(S(=O)(=O)c2ccc(N(C)C)cc2)CCCN(CC2=CCCCC2)CCCN(S(=O)(=O)N2CCc3cc(Cl)ccc3C2)C1. The van der Waals surface area contributed by atoms with Crippen molar-refractivity contribution < 1.29 is 16.8 Å². The Hall–Kier alpha value is -1.99. The Morgan fingerprint density at radius 2 is 1.48 bits per heavy atom. The van der Waals surface area contributed by atoms with Crippen molar-refractivity contribution in [2.75, 3.05) is 71.4 Å². The van der Waals surface area contributed by atoms with E-state index in [-0.39, 0.29) is 23.9 Å². The van der Waals surface area contributed by atoms with Gasteiger partial charge in [0, 0.05) is 70.6 Å². The molecule has 2 aliphatic heterocycles. The summed E-state index contributed by atoms with van der Waals surface area (Å²) >= 11 is 6.21. The summed E-state index contributed by atoms with van der Waals surface area (Å²) in [5, 5.41) is 0.661. The molecule has 0 saturated carbocycles. The van der Waals surface area contributed by atoms with E-state index in [0.29, 0.717) is 44.0 Å². The number of rotatable bonds is 7. The predicted molar refractivity (Wildman–Crippen MR) is 187 cm³/mol. The first kappa shape index (κ1) is 35.3. The van der Waals surface area contributed by atoms with Crippen LogP contribution in [0.15, 0.2) is 59.0 Å². The Morgan fingerprint density at radius 1 is 0.783 bits per heavy atom. The van der Waals surface area contributed by atoms with E-state index in [0.717, 1.165) is 55.7 Å². The first-order chi connectivity index (χ1) is 21.9. The summed E-state index contributed by atoms with van der Waals surface area (Å²) in [5.41, 5.74) is 4.44. The van der Waals surface area contributed by atoms with Crippen molar-refractivity contribution in [3.05, 3.63) is 70.3 Å². The lowest BCUT2D eigenvalue weighted by atomic mass is 9.99. The molecule has 1 aliphatic carbocycles. The largest absolute Gasteiger partial charge is 0.378 e. The maximum absolute atomic E-state index is 14.2. The number of anilines is 1. The molecule has 2 aromatic rings. The second-order valence-electron chi connectivity index (χ2n) is 13.3. The van der Waals surface area contributed by atoms with E-state index in [1.165, 1.54) is 18.4 Å². The number of nitrogens with zero attached hydrogens (tertiary/aromatic N) is 5. The second-order valence-corrected chi connectivity index (χ2v) is 17.6. The summed E-state index contributed by atoms with van der Waals surface area (Å²) in [7, 11) is -3.73. The number of allylic oxidation sites excluding steroid dienone is 1. The maximum Gasteiger partial charge on any atom is 0.282 e. The molecule has 2 heterocycles. The number of benzene rings is 2. The predicted octanol–water partition coefficient (Wildman–Crippen LogP) is 5.23. The van der Waals surface area contributed by atoms with Crippen molar-refractivity contribution in [1.29, 1.82) is 0 Å². The van der Waals surface area contributed by atoms with Crippen molar-refractivity contribution in [3.8, 4) is 0 Å². The van der Waals surface area contributed by atoms with Gasteiger partial charge in [-0.3, -0.25) is 4.90 Å². The molecule has 0 N–H and O–H groups in total. The van der Waals surface area contributed by atoms with Gasteiger partial charge >= 0.3 is 0 Å². The van der Waals surface area contributed by atoms with Crippen LogP contribution >= 0.6 is 11.6 Å². The van der Waals surface area contributed by atoms with Gasteiger partial charge in [-0.2, -0.15) is 21.3 Å². The standard InChI is InChI=1S/C34H50ClN5O4S2/c1-28-24-38(45(41,42)34-15-13-33(14-16-34)36(2)3)20-7-18-37(26-29-9-5-4-6-10-29)19-8-21-39(25-28)46(43,44)40-22-17-30-23-32(35)12-11-31(30)27-40/h9,11-16,23,28H,4-8,10,17-22,24-27H2,1-3H3/t28-/m0/s1. The molecule has 0 amide bonds. The molecule has 2 aromatic carbocycles. The summed E-state index contributed by atoms with van der Waals surface area (Å²) < 4.78 is 61.3. The lowest BCUT2D eigenvalue weighted by molar-refractivity contribution is 0.225. The third kappa shape index (κ3) is 8.72. The molecule has 12 heteroatoms. The molecule has 0 spiro atoms. The van der Waals surface area contributed by atoms with Crippen LogP contribution < -0.4 is 4.90 Å². The van der Waals surface area contributed by atoms with E-state index in [1.807, 2.05) is 56.3 Å². The van der Waals surface area contributed by atoms with Gasteiger partial charge in [0.1, 0.15) is 0 Å². The summed E-state index contributed by atoms with van der Waals surface area (Å²) in [4.78, 5) is 4.60. The first-order valence-corrected chi connectivity index (χ1v) is 19.9. The molecule has 5 rings (SSSR count). The van der Waals surface area contributed by atoms with Crippen molar-refractivity contribution in [3.63, 3.8) is 0 Å². The van der Waals surface area contributed by atoms with Gasteiger partial charge in [0.25, 0.3) is 10.2 Å². The number of hydrogen-bond donors (Lipinski definition) is 0. The van der Waals surface area contributed by atoms with Crippen molar-refractivity contribution in [1.82, 2.24) is 17.8 Å². The monoisotopic (exact) mass is 691 g/mol. The number of fused-ring (bicyclic) bond motifs is 1. The number of sulfonamides is 1. The Kier molecular flexibility index (Phi) is 11.9. The molecule has 254 valence electrons. The fraction of sp³-hybridized carbons (Fsp3) is 0.588.